The Morgan fingerprint density at radius 3 is 2.62 bits per heavy atom. The largest absolute Gasteiger partial charge is 0.355 e. The number of nitrogens with one attached hydrogen (secondary N) is 1. The highest BCUT2D eigenvalue weighted by Crippen LogP contribution is 2.22. The Morgan fingerprint density at radius 2 is 1.81 bits per heavy atom. The minimum atomic E-state index is -0.126. The quantitative estimate of drug-likeness (QED) is 0.535. The predicted molar refractivity (Wildman–Crippen MR) is 132 cm³/mol. The van der Waals surface area contributed by atoms with Gasteiger partial charge in [-0.05, 0) is 59.6 Å². The van der Waals surface area contributed by atoms with Crippen molar-refractivity contribution in [2.45, 2.75) is 30.6 Å². The van der Waals surface area contributed by atoms with Crippen molar-refractivity contribution in [3.05, 3.63) is 77.9 Å². The maximum Gasteiger partial charge on any atom is 0.227 e. The molecule has 4 nitrogen and oxygen atoms in total. The van der Waals surface area contributed by atoms with Gasteiger partial charge >= 0.3 is 0 Å². The van der Waals surface area contributed by atoms with Crippen molar-refractivity contribution in [3.63, 3.8) is 0 Å². The minimum Gasteiger partial charge on any atom is -0.355 e. The summed E-state index contributed by atoms with van der Waals surface area (Å²) in [7, 11) is 0. The summed E-state index contributed by atoms with van der Waals surface area (Å²) in [6, 6.07) is 22.7. The van der Waals surface area contributed by atoms with Crippen LogP contribution in [0.4, 0.5) is 0 Å². The third-order valence-electron chi connectivity index (χ3n) is 6.24. The first-order chi connectivity index (χ1) is 15.6. The summed E-state index contributed by atoms with van der Waals surface area (Å²) in [5, 5.41) is 5.36. The fourth-order valence-electron chi connectivity index (χ4n) is 4.41. The number of thioether (sulfide) groups is 1. The SMILES string of the molecule is CSc1ccc(CCNC(=O)[C@H]2CCCN(C(=O)Cc3cccc4ccccc34)C2)cc1. The zero-order chi connectivity index (χ0) is 22.3. The molecule has 5 heteroatoms. The minimum absolute atomic E-state index is 0.0633. The first-order valence-corrected chi connectivity index (χ1v) is 12.5. The average molecular weight is 447 g/mol. The van der Waals surface area contributed by atoms with Gasteiger partial charge in [-0.15, -0.1) is 11.8 Å². The Morgan fingerprint density at radius 1 is 1.03 bits per heavy atom. The summed E-state index contributed by atoms with van der Waals surface area (Å²) in [5.41, 5.74) is 2.27. The molecule has 1 aliphatic heterocycles. The smallest absolute Gasteiger partial charge is 0.227 e. The second kappa shape index (κ2) is 10.7. The number of carbonyl (C=O) groups excluding carboxylic acids is 2. The van der Waals surface area contributed by atoms with Crippen molar-refractivity contribution in [2.24, 2.45) is 5.92 Å². The van der Waals surface area contributed by atoms with Gasteiger partial charge in [0.25, 0.3) is 0 Å². The van der Waals surface area contributed by atoms with Crippen LogP contribution in [-0.2, 0) is 22.4 Å². The molecule has 0 spiro atoms. The molecule has 0 bridgehead atoms. The summed E-state index contributed by atoms with van der Waals surface area (Å²) in [6.45, 7) is 1.87. The van der Waals surface area contributed by atoms with Crippen molar-refractivity contribution in [1.29, 1.82) is 0 Å². The summed E-state index contributed by atoms with van der Waals surface area (Å²) in [5.74, 6) is 0.0419. The Kier molecular flexibility index (Phi) is 7.48. The normalized spacial score (nSPS) is 16.2. The van der Waals surface area contributed by atoms with Crippen LogP contribution in [0.1, 0.15) is 24.0 Å². The van der Waals surface area contributed by atoms with Crippen molar-refractivity contribution in [2.75, 3.05) is 25.9 Å². The van der Waals surface area contributed by atoms with E-state index < -0.39 is 0 Å². The second-order valence-corrected chi connectivity index (χ2v) is 9.26. The fraction of sp³-hybridized carbons (Fsp3) is 0.333. The number of hydrogen-bond donors (Lipinski definition) is 1. The first-order valence-electron chi connectivity index (χ1n) is 11.3. The molecule has 0 aliphatic carbocycles. The predicted octanol–water partition coefficient (Wildman–Crippen LogP) is 4.70. The monoisotopic (exact) mass is 446 g/mol. The Labute approximate surface area is 194 Å². The van der Waals surface area contributed by atoms with Gasteiger partial charge in [0.15, 0.2) is 0 Å². The van der Waals surface area contributed by atoms with E-state index in [2.05, 4.69) is 54.0 Å². The second-order valence-electron chi connectivity index (χ2n) is 8.38. The van der Waals surface area contributed by atoms with Crippen LogP contribution in [0, 0.1) is 5.92 Å². The van der Waals surface area contributed by atoms with E-state index in [-0.39, 0.29) is 17.7 Å². The number of benzene rings is 3. The zero-order valence-corrected chi connectivity index (χ0v) is 19.4. The average Bonchev–Trinajstić information content (AvgIpc) is 2.84. The van der Waals surface area contributed by atoms with Gasteiger partial charge in [-0.25, -0.2) is 0 Å². The van der Waals surface area contributed by atoms with E-state index >= 15 is 0 Å². The summed E-state index contributed by atoms with van der Waals surface area (Å²) < 4.78 is 0. The Balaban J connectivity index is 1.30. The van der Waals surface area contributed by atoms with Gasteiger partial charge < -0.3 is 10.2 Å². The van der Waals surface area contributed by atoms with Gasteiger partial charge in [-0.2, -0.15) is 0 Å². The summed E-state index contributed by atoms with van der Waals surface area (Å²) in [6.07, 6.45) is 4.97. The third kappa shape index (κ3) is 5.52. The molecule has 1 saturated heterocycles. The van der Waals surface area contributed by atoms with Crippen LogP contribution < -0.4 is 5.32 Å². The van der Waals surface area contributed by atoms with Crippen molar-refractivity contribution in [1.82, 2.24) is 10.2 Å². The van der Waals surface area contributed by atoms with E-state index in [0.29, 0.717) is 19.5 Å². The summed E-state index contributed by atoms with van der Waals surface area (Å²) in [4.78, 5) is 28.9. The number of amides is 2. The molecule has 0 radical (unpaired) electrons. The first kappa shape index (κ1) is 22.4. The van der Waals surface area contributed by atoms with Gasteiger partial charge in [0, 0.05) is 24.5 Å². The topological polar surface area (TPSA) is 49.4 Å². The number of hydrogen-bond acceptors (Lipinski definition) is 3. The molecule has 4 rings (SSSR count). The zero-order valence-electron chi connectivity index (χ0n) is 18.5. The molecule has 3 aromatic rings. The lowest BCUT2D eigenvalue weighted by atomic mass is 9.95. The van der Waals surface area contributed by atoms with E-state index in [1.165, 1.54) is 10.5 Å². The maximum absolute atomic E-state index is 13.0. The van der Waals surface area contributed by atoms with Crippen LogP contribution in [0.5, 0.6) is 0 Å². The molecule has 1 N–H and O–H groups in total. The van der Waals surface area contributed by atoms with Gasteiger partial charge in [0.1, 0.15) is 0 Å². The molecule has 0 saturated carbocycles. The fourth-order valence-corrected chi connectivity index (χ4v) is 4.81. The van der Waals surface area contributed by atoms with Crippen molar-refractivity contribution >= 4 is 34.3 Å². The molecule has 3 aromatic carbocycles. The van der Waals surface area contributed by atoms with Crippen LogP contribution >= 0.6 is 11.8 Å². The number of rotatable bonds is 7. The third-order valence-corrected chi connectivity index (χ3v) is 6.98. The lowest BCUT2D eigenvalue weighted by molar-refractivity contribution is -0.135. The van der Waals surface area contributed by atoms with Crippen LogP contribution in [0.15, 0.2) is 71.6 Å². The highest BCUT2D eigenvalue weighted by molar-refractivity contribution is 7.98. The lowest BCUT2D eigenvalue weighted by Gasteiger charge is -2.32. The molecule has 0 aromatic heterocycles. The van der Waals surface area contributed by atoms with Gasteiger partial charge in [0.2, 0.25) is 11.8 Å². The molecule has 1 fully saturated rings. The molecule has 166 valence electrons. The number of piperidine rings is 1. The van der Waals surface area contributed by atoms with Crippen LogP contribution in [0.3, 0.4) is 0 Å². The number of fused-ring (bicyclic) bond motifs is 1. The molecule has 2 amide bonds. The highest BCUT2D eigenvalue weighted by atomic mass is 32.2. The molecule has 1 atom stereocenters. The molecule has 32 heavy (non-hydrogen) atoms. The van der Waals surface area contributed by atoms with Crippen LogP contribution in [0.25, 0.3) is 10.8 Å². The van der Waals surface area contributed by atoms with Gasteiger partial charge in [0.05, 0.1) is 12.3 Å². The summed E-state index contributed by atoms with van der Waals surface area (Å²) >= 11 is 1.73. The van der Waals surface area contributed by atoms with E-state index in [9.17, 15) is 9.59 Å². The van der Waals surface area contributed by atoms with E-state index in [0.717, 1.165) is 42.1 Å². The van der Waals surface area contributed by atoms with Crippen molar-refractivity contribution < 1.29 is 9.59 Å². The van der Waals surface area contributed by atoms with Crippen LogP contribution in [-0.4, -0.2) is 42.6 Å². The molecule has 0 unspecified atom stereocenters. The van der Waals surface area contributed by atoms with E-state index in [1.807, 2.05) is 29.2 Å². The Hall–Kier alpha value is -2.79. The highest BCUT2D eigenvalue weighted by Gasteiger charge is 2.28. The standard InChI is InChI=1S/C27H30N2O2S/c1-32-24-13-11-20(12-14-24)15-16-28-27(31)23-9-5-17-29(19-23)26(30)18-22-8-4-7-21-6-2-3-10-25(21)22/h2-4,6-8,10-14,23H,5,9,15-19H2,1H3,(H,28,31)/t23-/m0/s1. The number of nitrogens with zero attached hydrogens (tertiary/aromatic N) is 1. The molecule has 1 heterocycles. The van der Waals surface area contributed by atoms with Gasteiger partial charge in [-0.3, -0.25) is 9.59 Å². The van der Waals surface area contributed by atoms with E-state index in [1.54, 1.807) is 11.8 Å². The molecular formula is C27H30N2O2S. The number of carbonyl (C=O) groups is 2. The van der Waals surface area contributed by atoms with Crippen LogP contribution in [0.2, 0.25) is 0 Å². The molecule has 1 aliphatic rings. The maximum atomic E-state index is 13.0. The molecular weight excluding hydrogens is 416 g/mol. The van der Waals surface area contributed by atoms with Crippen molar-refractivity contribution in [3.8, 4) is 0 Å². The van der Waals surface area contributed by atoms with Gasteiger partial charge in [-0.1, -0.05) is 54.6 Å². The van der Waals surface area contributed by atoms with E-state index in [4.69, 9.17) is 0 Å². The Bertz CT molecular complexity index is 1080. The number of likely N-dealkylation sites (tertiary alicyclic amines) is 1. The lowest BCUT2D eigenvalue weighted by Crippen LogP contribution is -2.46.